The molecule has 0 saturated carbocycles. The van der Waals surface area contributed by atoms with Crippen molar-refractivity contribution in [3.05, 3.63) is 0 Å². The van der Waals surface area contributed by atoms with Crippen LogP contribution in [-0.4, -0.2) is 47.8 Å². The fraction of sp³-hybridized carbons (Fsp3) is 0.960. The van der Waals surface area contributed by atoms with Crippen LogP contribution in [0.5, 0.6) is 0 Å². The molecule has 0 aromatic heterocycles. The topological polar surface area (TPSA) is 40.6 Å². The number of unbranched alkanes of at least 4 members (excludes halogenated alkanes) is 18. The van der Waals surface area contributed by atoms with E-state index < -0.39 is 0 Å². The molecule has 0 heterocycles. The molecule has 4 unspecified atom stereocenters. The second kappa shape index (κ2) is 38.8. The summed E-state index contributed by atoms with van der Waals surface area (Å²) in [5, 5.41) is 0. The van der Waals surface area contributed by atoms with Crippen molar-refractivity contribution in [1.29, 1.82) is 0 Å². The van der Waals surface area contributed by atoms with Gasteiger partial charge in [0.15, 0.2) is 0 Å². The maximum atomic E-state index is 13.3. The van der Waals surface area contributed by atoms with Crippen molar-refractivity contribution in [3.8, 4) is 0 Å². The average molecular weight is 761 g/mol. The van der Waals surface area contributed by atoms with Crippen LogP contribution in [0.3, 0.4) is 0 Å². The summed E-state index contributed by atoms with van der Waals surface area (Å²) in [5.41, 5.74) is 0. The Bertz CT molecular complexity index is 814. The molecule has 322 valence electrons. The molecule has 0 aromatic carbocycles. The van der Waals surface area contributed by atoms with Crippen LogP contribution in [0.2, 0.25) is 0 Å². The smallest absolute Gasteiger partial charge is 0.222 e. The van der Waals surface area contributed by atoms with Gasteiger partial charge in [0.1, 0.15) is 0 Å². The lowest BCUT2D eigenvalue weighted by Crippen LogP contribution is -2.38. The molecule has 4 atom stereocenters. The van der Waals surface area contributed by atoms with Gasteiger partial charge in [-0.05, 0) is 62.2 Å². The minimum Gasteiger partial charge on any atom is -0.342 e. The minimum absolute atomic E-state index is 0.420. The van der Waals surface area contributed by atoms with Crippen LogP contribution in [0.1, 0.15) is 261 Å². The van der Waals surface area contributed by atoms with Crippen molar-refractivity contribution in [2.75, 3.05) is 26.2 Å². The first-order valence-electron chi connectivity index (χ1n) is 24.8. The third-order valence-electron chi connectivity index (χ3n) is 12.6. The first-order chi connectivity index (χ1) is 26.3. The molecule has 0 N–H and O–H groups in total. The molecule has 2 amide bonds. The van der Waals surface area contributed by atoms with Gasteiger partial charge < -0.3 is 9.80 Å². The number of rotatable bonds is 41. The number of nitrogens with zero attached hydrogens (tertiary/aromatic N) is 2. The van der Waals surface area contributed by atoms with E-state index >= 15 is 0 Å². The molecule has 4 nitrogen and oxygen atoms in total. The van der Waals surface area contributed by atoms with Crippen molar-refractivity contribution in [3.63, 3.8) is 0 Å². The molecule has 0 aliphatic carbocycles. The number of hydrogen-bond acceptors (Lipinski definition) is 2. The Labute approximate surface area is 340 Å². The molecule has 0 saturated heterocycles. The molecular formula is C50H100N2O2. The van der Waals surface area contributed by atoms with E-state index in [2.05, 4.69) is 65.2 Å². The minimum atomic E-state index is 0.420. The van der Waals surface area contributed by atoms with Crippen molar-refractivity contribution in [1.82, 2.24) is 9.80 Å². The first-order valence-corrected chi connectivity index (χ1v) is 24.8. The zero-order valence-corrected chi connectivity index (χ0v) is 38.5. The van der Waals surface area contributed by atoms with Gasteiger partial charge in [-0.2, -0.15) is 0 Å². The lowest BCUT2D eigenvalue weighted by Gasteiger charge is -2.31. The van der Waals surface area contributed by atoms with E-state index in [0.29, 0.717) is 35.5 Å². The Morgan fingerprint density at radius 1 is 0.352 bits per heavy atom. The number of hydrogen-bond donors (Lipinski definition) is 0. The van der Waals surface area contributed by atoms with Gasteiger partial charge in [0, 0.05) is 39.0 Å². The first kappa shape index (κ1) is 52.9. The van der Waals surface area contributed by atoms with Gasteiger partial charge in [-0.1, -0.05) is 209 Å². The molecule has 0 spiro atoms. The van der Waals surface area contributed by atoms with E-state index in [4.69, 9.17) is 0 Å². The van der Waals surface area contributed by atoms with Crippen molar-refractivity contribution >= 4 is 11.8 Å². The summed E-state index contributed by atoms with van der Waals surface area (Å²) in [6.07, 6.45) is 39.8. The van der Waals surface area contributed by atoms with Crippen LogP contribution < -0.4 is 0 Å². The van der Waals surface area contributed by atoms with Crippen molar-refractivity contribution < 1.29 is 9.59 Å². The standard InChI is InChI=1S/C50H100N2O2/c1-9-16-36-45(8)41-51(43-47(14-6)37-17-10-2)49(53)39-33-31-29-27-25-23-21-19-20-22-24-26-28-30-32-34-40-50(54)52(42-46(13-5)35-12-4)44-48(15-7)38-18-11-3/h45-48H,9-44H2,1-8H3. The normalized spacial score (nSPS) is 13.9. The highest BCUT2D eigenvalue weighted by atomic mass is 16.2. The number of carbonyl (C=O) groups excluding carboxylic acids is 2. The van der Waals surface area contributed by atoms with Crippen molar-refractivity contribution in [2.24, 2.45) is 23.7 Å². The fourth-order valence-corrected chi connectivity index (χ4v) is 8.52. The Hall–Kier alpha value is -1.06. The predicted octanol–water partition coefficient (Wildman–Crippen LogP) is 15.8. The Balaban J connectivity index is 4.05. The quantitative estimate of drug-likeness (QED) is 0.0582. The van der Waals surface area contributed by atoms with Gasteiger partial charge in [-0.3, -0.25) is 9.59 Å². The molecule has 0 aromatic rings. The Kier molecular flexibility index (Phi) is 38.0. The van der Waals surface area contributed by atoms with Gasteiger partial charge in [0.05, 0.1) is 0 Å². The van der Waals surface area contributed by atoms with E-state index in [1.165, 1.54) is 180 Å². The van der Waals surface area contributed by atoms with Crippen LogP contribution in [0.25, 0.3) is 0 Å². The van der Waals surface area contributed by atoms with E-state index in [-0.39, 0.29) is 0 Å². The fourth-order valence-electron chi connectivity index (χ4n) is 8.52. The summed E-state index contributed by atoms with van der Waals surface area (Å²) in [6.45, 7) is 22.3. The summed E-state index contributed by atoms with van der Waals surface area (Å²) >= 11 is 0. The van der Waals surface area contributed by atoms with Crippen LogP contribution in [0.15, 0.2) is 0 Å². The molecule has 0 aliphatic heterocycles. The van der Waals surface area contributed by atoms with Gasteiger partial charge in [0.25, 0.3) is 0 Å². The zero-order chi connectivity index (χ0) is 40.1. The van der Waals surface area contributed by atoms with E-state index in [0.717, 1.165) is 51.9 Å². The average Bonchev–Trinajstić information content (AvgIpc) is 3.18. The van der Waals surface area contributed by atoms with Crippen LogP contribution in [0, 0.1) is 23.7 Å². The van der Waals surface area contributed by atoms with Crippen LogP contribution in [0.4, 0.5) is 0 Å². The monoisotopic (exact) mass is 761 g/mol. The largest absolute Gasteiger partial charge is 0.342 e. The summed E-state index contributed by atoms with van der Waals surface area (Å²) in [4.78, 5) is 31.2. The summed E-state index contributed by atoms with van der Waals surface area (Å²) < 4.78 is 0. The molecular weight excluding hydrogens is 661 g/mol. The predicted molar refractivity (Wildman–Crippen MR) is 240 cm³/mol. The number of carbonyl (C=O) groups is 2. The maximum absolute atomic E-state index is 13.3. The van der Waals surface area contributed by atoms with Crippen LogP contribution in [-0.2, 0) is 9.59 Å². The van der Waals surface area contributed by atoms with Crippen LogP contribution >= 0.6 is 0 Å². The summed E-state index contributed by atoms with van der Waals surface area (Å²) in [6, 6.07) is 0. The van der Waals surface area contributed by atoms with E-state index in [1.807, 2.05) is 0 Å². The third-order valence-corrected chi connectivity index (χ3v) is 12.6. The lowest BCUT2D eigenvalue weighted by molar-refractivity contribution is -0.133. The molecule has 0 radical (unpaired) electrons. The van der Waals surface area contributed by atoms with E-state index in [9.17, 15) is 9.59 Å². The van der Waals surface area contributed by atoms with Crippen molar-refractivity contribution in [2.45, 2.75) is 261 Å². The number of amides is 2. The zero-order valence-electron chi connectivity index (χ0n) is 38.5. The SMILES string of the molecule is CCCCC(C)CN(CC(CC)CCCC)C(=O)CCCCCCCCCCCCCCCCCCC(=O)N(CC(CC)CCC)CC(CC)CCCC. The second-order valence-electron chi connectivity index (χ2n) is 17.9. The molecule has 0 fully saturated rings. The molecule has 0 rings (SSSR count). The highest BCUT2D eigenvalue weighted by Crippen LogP contribution is 2.22. The Morgan fingerprint density at radius 2 is 0.648 bits per heavy atom. The van der Waals surface area contributed by atoms with E-state index in [1.54, 1.807) is 0 Å². The van der Waals surface area contributed by atoms with Gasteiger partial charge in [-0.15, -0.1) is 0 Å². The molecule has 0 bridgehead atoms. The third kappa shape index (κ3) is 30.1. The highest BCUT2D eigenvalue weighted by Gasteiger charge is 2.22. The van der Waals surface area contributed by atoms with Gasteiger partial charge in [-0.25, -0.2) is 0 Å². The maximum Gasteiger partial charge on any atom is 0.222 e. The highest BCUT2D eigenvalue weighted by molar-refractivity contribution is 5.76. The molecule has 0 aliphatic rings. The summed E-state index contributed by atoms with van der Waals surface area (Å²) in [7, 11) is 0. The summed E-state index contributed by atoms with van der Waals surface area (Å²) in [5.74, 6) is 3.44. The second-order valence-corrected chi connectivity index (χ2v) is 17.9. The Morgan fingerprint density at radius 3 is 0.963 bits per heavy atom. The molecule has 4 heteroatoms. The lowest BCUT2D eigenvalue weighted by atomic mass is 9.96. The van der Waals surface area contributed by atoms with Gasteiger partial charge in [0.2, 0.25) is 11.8 Å². The van der Waals surface area contributed by atoms with Gasteiger partial charge >= 0.3 is 0 Å². The molecule has 54 heavy (non-hydrogen) atoms.